The maximum atomic E-state index is 8.70. The third-order valence-electron chi connectivity index (χ3n) is 4.13. The average molecular weight is 292 g/mol. The van der Waals surface area contributed by atoms with Gasteiger partial charge in [-0.3, -0.25) is 0 Å². The molecule has 0 aromatic heterocycles. The van der Waals surface area contributed by atoms with E-state index < -0.39 is 0 Å². The molecular weight excluding hydrogens is 260 g/mol. The number of hydrogen-bond acceptors (Lipinski definition) is 2. The maximum absolute atomic E-state index is 8.70. The number of rotatable bonds is 5. The van der Waals surface area contributed by atoms with Crippen LogP contribution in [0.25, 0.3) is 0 Å². The normalized spacial score (nSPS) is 23.5. The summed E-state index contributed by atoms with van der Waals surface area (Å²) in [5.74, 6) is 2.25. The molecule has 0 aliphatic heterocycles. The molecule has 4 nitrogen and oxygen atoms in total. The van der Waals surface area contributed by atoms with Crippen molar-refractivity contribution < 1.29 is 0 Å². The van der Waals surface area contributed by atoms with Crippen molar-refractivity contribution in [1.29, 1.82) is 5.26 Å². The Balaban J connectivity index is 2.29. The van der Waals surface area contributed by atoms with Gasteiger partial charge in [-0.05, 0) is 42.9 Å². The molecule has 0 unspecified atom stereocenters. The maximum Gasteiger partial charge on any atom is 0.209 e. The Labute approximate surface area is 130 Å². The molecule has 0 spiro atoms. The molecule has 0 amide bonds. The average Bonchev–Trinajstić information content (AvgIpc) is 2.42. The van der Waals surface area contributed by atoms with Gasteiger partial charge in [0.15, 0.2) is 0 Å². The predicted molar refractivity (Wildman–Crippen MR) is 88.9 cm³/mol. The summed E-state index contributed by atoms with van der Waals surface area (Å²) in [4.78, 5) is 3.81. The fourth-order valence-corrected chi connectivity index (χ4v) is 3.18. The number of nitriles is 1. The lowest BCUT2D eigenvalue weighted by atomic mass is 9.74. The van der Waals surface area contributed by atoms with E-state index >= 15 is 0 Å². The largest absolute Gasteiger partial charge is 0.356 e. The van der Waals surface area contributed by atoms with Crippen molar-refractivity contribution in [2.24, 2.45) is 22.2 Å². The zero-order chi connectivity index (χ0) is 15.7. The number of nitrogens with one attached hydrogen (secondary N) is 2. The van der Waals surface area contributed by atoms with Gasteiger partial charge in [0.05, 0.1) is 0 Å². The van der Waals surface area contributed by atoms with Gasteiger partial charge in [-0.25, -0.2) is 0 Å². The summed E-state index contributed by atoms with van der Waals surface area (Å²) in [7, 11) is 0. The van der Waals surface area contributed by atoms with Crippen molar-refractivity contribution in [3.8, 4) is 6.19 Å². The summed E-state index contributed by atoms with van der Waals surface area (Å²) >= 11 is 0. The standard InChI is InChI=1S/C17H32N4/c1-5-10-19-16(21-13-18)20-12-15-8-6-14(7-9-15)11-17(2,3)4/h14-15H,5-12H2,1-4H3,(H2,19,20,21). The first-order valence-electron chi connectivity index (χ1n) is 8.39. The molecule has 0 radical (unpaired) electrons. The molecule has 4 heteroatoms. The minimum Gasteiger partial charge on any atom is -0.356 e. The molecule has 0 saturated heterocycles. The lowest BCUT2D eigenvalue weighted by molar-refractivity contribution is 0.205. The lowest BCUT2D eigenvalue weighted by Gasteiger charge is -2.32. The Bertz CT molecular complexity index is 354. The van der Waals surface area contributed by atoms with Crippen LogP contribution in [0.5, 0.6) is 0 Å². The van der Waals surface area contributed by atoms with E-state index in [2.05, 4.69) is 43.3 Å². The van der Waals surface area contributed by atoms with E-state index in [4.69, 9.17) is 5.26 Å². The van der Waals surface area contributed by atoms with Crippen molar-refractivity contribution in [2.75, 3.05) is 13.1 Å². The zero-order valence-electron chi connectivity index (χ0n) is 14.2. The molecule has 0 aromatic rings. The summed E-state index contributed by atoms with van der Waals surface area (Å²) in [6.07, 6.45) is 9.51. The first kappa shape index (κ1) is 17.8. The Morgan fingerprint density at radius 3 is 2.29 bits per heavy atom. The molecule has 0 atom stereocenters. The molecule has 1 saturated carbocycles. The van der Waals surface area contributed by atoms with E-state index in [-0.39, 0.29) is 0 Å². The fraction of sp³-hybridized carbons (Fsp3) is 0.882. The molecule has 21 heavy (non-hydrogen) atoms. The van der Waals surface area contributed by atoms with E-state index in [1.54, 1.807) is 0 Å². The lowest BCUT2D eigenvalue weighted by Crippen LogP contribution is -2.40. The van der Waals surface area contributed by atoms with Gasteiger partial charge < -0.3 is 10.6 Å². The van der Waals surface area contributed by atoms with Gasteiger partial charge in [0.25, 0.3) is 0 Å². The summed E-state index contributed by atoms with van der Waals surface area (Å²) in [5, 5.41) is 15.2. The summed E-state index contributed by atoms with van der Waals surface area (Å²) < 4.78 is 0. The van der Waals surface area contributed by atoms with E-state index in [0.29, 0.717) is 17.3 Å². The van der Waals surface area contributed by atoms with Gasteiger partial charge in [0.2, 0.25) is 12.2 Å². The topological polar surface area (TPSA) is 60.2 Å². The molecule has 0 heterocycles. The van der Waals surface area contributed by atoms with Crippen molar-refractivity contribution in [2.45, 2.75) is 66.2 Å². The van der Waals surface area contributed by atoms with E-state index in [9.17, 15) is 0 Å². The Morgan fingerprint density at radius 1 is 1.14 bits per heavy atom. The van der Waals surface area contributed by atoms with Gasteiger partial charge in [-0.2, -0.15) is 5.26 Å². The SMILES string of the molecule is CCCN/C(=N\C#N)NCC1CCC(CC(C)(C)C)CC1. The summed E-state index contributed by atoms with van der Waals surface area (Å²) in [6, 6.07) is 0. The molecule has 1 fully saturated rings. The van der Waals surface area contributed by atoms with Crippen LogP contribution in [0.1, 0.15) is 66.2 Å². The van der Waals surface area contributed by atoms with Crippen LogP contribution in [-0.2, 0) is 0 Å². The summed E-state index contributed by atoms with van der Waals surface area (Å²) in [6.45, 7) is 10.9. The van der Waals surface area contributed by atoms with Crippen LogP contribution in [0.15, 0.2) is 4.99 Å². The zero-order valence-corrected chi connectivity index (χ0v) is 14.2. The molecule has 1 aliphatic carbocycles. The highest BCUT2D eigenvalue weighted by atomic mass is 15.2. The van der Waals surface area contributed by atoms with Crippen LogP contribution in [-0.4, -0.2) is 19.0 Å². The van der Waals surface area contributed by atoms with E-state index in [1.165, 1.54) is 32.1 Å². The number of aliphatic imine (C=N–C) groups is 1. The molecule has 120 valence electrons. The third-order valence-corrected chi connectivity index (χ3v) is 4.13. The van der Waals surface area contributed by atoms with Gasteiger partial charge in [0.1, 0.15) is 0 Å². The molecular formula is C17H32N4. The summed E-state index contributed by atoms with van der Waals surface area (Å²) in [5.41, 5.74) is 0.451. The molecule has 2 N–H and O–H groups in total. The van der Waals surface area contributed by atoms with E-state index in [0.717, 1.165) is 25.4 Å². The Morgan fingerprint density at radius 2 is 1.76 bits per heavy atom. The highest BCUT2D eigenvalue weighted by Crippen LogP contribution is 2.36. The van der Waals surface area contributed by atoms with Crippen LogP contribution >= 0.6 is 0 Å². The molecule has 0 aromatic carbocycles. The van der Waals surface area contributed by atoms with Crippen LogP contribution < -0.4 is 10.6 Å². The number of nitrogens with zero attached hydrogens (tertiary/aromatic N) is 2. The first-order valence-corrected chi connectivity index (χ1v) is 8.39. The van der Waals surface area contributed by atoms with Gasteiger partial charge in [-0.1, -0.05) is 40.5 Å². The Hall–Kier alpha value is -1.24. The van der Waals surface area contributed by atoms with Gasteiger partial charge in [-0.15, -0.1) is 4.99 Å². The van der Waals surface area contributed by atoms with Crippen molar-refractivity contribution >= 4 is 5.96 Å². The quantitative estimate of drug-likeness (QED) is 0.462. The third kappa shape index (κ3) is 7.94. The first-order chi connectivity index (χ1) is 9.94. The minimum absolute atomic E-state index is 0.451. The Kier molecular flexibility index (Phi) is 7.56. The van der Waals surface area contributed by atoms with Crippen LogP contribution in [0, 0.1) is 28.7 Å². The van der Waals surface area contributed by atoms with Crippen molar-refractivity contribution in [3.63, 3.8) is 0 Å². The second-order valence-electron chi connectivity index (χ2n) is 7.52. The second kappa shape index (κ2) is 8.92. The highest BCUT2D eigenvalue weighted by Gasteiger charge is 2.25. The van der Waals surface area contributed by atoms with E-state index in [1.807, 2.05) is 6.19 Å². The molecule has 0 bridgehead atoms. The smallest absolute Gasteiger partial charge is 0.209 e. The molecule has 1 aliphatic rings. The van der Waals surface area contributed by atoms with Crippen LogP contribution in [0.2, 0.25) is 0 Å². The van der Waals surface area contributed by atoms with Crippen molar-refractivity contribution in [3.05, 3.63) is 0 Å². The molecule has 1 rings (SSSR count). The number of guanidine groups is 1. The van der Waals surface area contributed by atoms with Crippen LogP contribution in [0.4, 0.5) is 0 Å². The monoisotopic (exact) mass is 292 g/mol. The fourth-order valence-electron chi connectivity index (χ4n) is 3.18. The predicted octanol–water partition coefficient (Wildman–Crippen LogP) is 3.66. The van der Waals surface area contributed by atoms with Crippen LogP contribution in [0.3, 0.4) is 0 Å². The van der Waals surface area contributed by atoms with Crippen molar-refractivity contribution in [1.82, 2.24) is 10.6 Å². The van der Waals surface area contributed by atoms with Gasteiger partial charge in [0, 0.05) is 13.1 Å². The van der Waals surface area contributed by atoms with Gasteiger partial charge >= 0.3 is 0 Å². The second-order valence-corrected chi connectivity index (χ2v) is 7.52. The minimum atomic E-state index is 0.451. The number of hydrogen-bond donors (Lipinski definition) is 2. The highest BCUT2D eigenvalue weighted by molar-refractivity contribution is 5.80.